The summed E-state index contributed by atoms with van der Waals surface area (Å²) in [5.41, 5.74) is 3.89. The van der Waals surface area contributed by atoms with Crippen molar-refractivity contribution in [2.75, 3.05) is 25.0 Å². The largest absolute Gasteiger partial charge is 0.308 e. The van der Waals surface area contributed by atoms with Crippen molar-refractivity contribution in [1.82, 2.24) is 4.90 Å². The van der Waals surface area contributed by atoms with Crippen LogP contribution in [0.2, 0.25) is 0 Å². The van der Waals surface area contributed by atoms with Gasteiger partial charge in [0, 0.05) is 30.1 Å². The second-order valence-electron chi connectivity index (χ2n) is 7.31. The SMILES string of the molecule is Cc1ccc2c(c1)C1CN(C)CCC1N2C(=O)C1CC1C. The third-order valence-corrected chi connectivity index (χ3v) is 5.62. The van der Waals surface area contributed by atoms with Crippen molar-refractivity contribution in [3.8, 4) is 0 Å². The van der Waals surface area contributed by atoms with Crippen LogP contribution in [-0.4, -0.2) is 37.0 Å². The van der Waals surface area contributed by atoms with Gasteiger partial charge in [-0.15, -0.1) is 0 Å². The van der Waals surface area contributed by atoms with Crippen molar-refractivity contribution in [3.05, 3.63) is 29.3 Å². The fraction of sp³-hybridized carbons (Fsp3) is 0.611. The van der Waals surface area contributed by atoms with Crippen molar-refractivity contribution in [2.24, 2.45) is 11.8 Å². The van der Waals surface area contributed by atoms with E-state index in [-0.39, 0.29) is 5.92 Å². The Morgan fingerprint density at radius 2 is 2.10 bits per heavy atom. The highest BCUT2D eigenvalue weighted by Gasteiger charge is 2.49. The van der Waals surface area contributed by atoms with E-state index in [1.165, 1.54) is 16.8 Å². The van der Waals surface area contributed by atoms with Gasteiger partial charge in [0.2, 0.25) is 5.91 Å². The van der Waals surface area contributed by atoms with Crippen LogP contribution in [-0.2, 0) is 4.79 Å². The highest BCUT2D eigenvalue weighted by Crippen LogP contribution is 2.48. The maximum absolute atomic E-state index is 12.9. The van der Waals surface area contributed by atoms with E-state index in [1.54, 1.807) is 0 Å². The molecule has 0 N–H and O–H groups in total. The van der Waals surface area contributed by atoms with Gasteiger partial charge in [-0.05, 0) is 50.9 Å². The average Bonchev–Trinajstić information content (AvgIpc) is 3.10. The third-order valence-electron chi connectivity index (χ3n) is 5.62. The molecule has 3 heteroatoms. The highest BCUT2D eigenvalue weighted by molar-refractivity contribution is 5.99. The van der Waals surface area contributed by atoms with E-state index >= 15 is 0 Å². The molecule has 1 saturated carbocycles. The number of likely N-dealkylation sites (tertiary alicyclic amines) is 1. The summed E-state index contributed by atoms with van der Waals surface area (Å²) >= 11 is 0. The van der Waals surface area contributed by atoms with E-state index in [0.717, 1.165) is 25.9 Å². The van der Waals surface area contributed by atoms with Crippen molar-refractivity contribution >= 4 is 11.6 Å². The van der Waals surface area contributed by atoms with Gasteiger partial charge >= 0.3 is 0 Å². The summed E-state index contributed by atoms with van der Waals surface area (Å²) in [5.74, 6) is 1.73. The van der Waals surface area contributed by atoms with Crippen LogP contribution >= 0.6 is 0 Å². The zero-order valence-electron chi connectivity index (χ0n) is 13.2. The smallest absolute Gasteiger partial charge is 0.230 e. The van der Waals surface area contributed by atoms with Crippen LogP contribution in [0.4, 0.5) is 5.69 Å². The first-order chi connectivity index (χ1) is 10.1. The number of carbonyl (C=O) groups is 1. The number of amides is 1. The molecule has 4 rings (SSSR count). The molecule has 4 atom stereocenters. The van der Waals surface area contributed by atoms with E-state index in [1.807, 2.05) is 0 Å². The lowest BCUT2D eigenvalue weighted by atomic mass is 9.89. The van der Waals surface area contributed by atoms with E-state index < -0.39 is 0 Å². The molecule has 1 aromatic carbocycles. The summed E-state index contributed by atoms with van der Waals surface area (Å²) in [6.07, 6.45) is 2.18. The minimum absolute atomic E-state index is 0.276. The molecule has 0 radical (unpaired) electrons. The molecule has 112 valence electrons. The zero-order chi connectivity index (χ0) is 14.7. The number of fused-ring (bicyclic) bond motifs is 3. The van der Waals surface area contributed by atoms with Crippen molar-refractivity contribution in [3.63, 3.8) is 0 Å². The monoisotopic (exact) mass is 284 g/mol. The fourth-order valence-corrected chi connectivity index (χ4v) is 4.21. The zero-order valence-corrected chi connectivity index (χ0v) is 13.2. The Hall–Kier alpha value is -1.35. The maximum Gasteiger partial charge on any atom is 0.230 e. The average molecular weight is 284 g/mol. The van der Waals surface area contributed by atoms with Gasteiger partial charge in [-0.3, -0.25) is 4.79 Å². The number of hydrogen-bond acceptors (Lipinski definition) is 2. The topological polar surface area (TPSA) is 23.6 Å². The van der Waals surface area contributed by atoms with Crippen LogP contribution in [0, 0.1) is 18.8 Å². The Morgan fingerprint density at radius 3 is 2.81 bits per heavy atom. The molecule has 4 unspecified atom stereocenters. The molecule has 0 bridgehead atoms. The molecule has 3 aliphatic rings. The first-order valence-electron chi connectivity index (χ1n) is 8.18. The third kappa shape index (κ3) is 2.02. The van der Waals surface area contributed by atoms with Crippen LogP contribution in [0.15, 0.2) is 18.2 Å². The molecule has 0 spiro atoms. The van der Waals surface area contributed by atoms with Crippen molar-refractivity contribution < 1.29 is 4.79 Å². The minimum atomic E-state index is 0.276. The van der Waals surface area contributed by atoms with Gasteiger partial charge < -0.3 is 9.80 Å². The van der Waals surface area contributed by atoms with Gasteiger partial charge in [-0.25, -0.2) is 0 Å². The maximum atomic E-state index is 12.9. The van der Waals surface area contributed by atoms with Gasteiger partial charge in [0.05, 0.1) is 0 Å². The predicted octanol–water partition coefficient (Wildman–Crippen LogP) is 2.79. The van der Waals surface area contributed by atoms with Crippen LogP contribution in [0.5, 0.6) is 0 Å². The molecule has 3 nitrogen and oxygen atoms in total. The number of anilines is 1. The molecule has 1 aliphatic carbocycles. The molecule has 2 aliphatic heterocycles. The van der Waals surface area contributed by atoms with E-state index in [2.05, 4.69) is 48.9 Å². The Kier molecular flexibility index (Phi) is 2.90. The number of benzene rings is 1. The molecule has 1 amide bonds. The number of likely N-dealkylation sites (N-methyl/N-ethyl adjacent to an activating group) is 1. The first kappa shape index (κ1) is 13.3. The quantitative estimate of drug-likeness (QED) is 0.791. The molecule has 1 saturated heterocycles. The van der Waals surface area contributed by atoms with Crippen molar-refractivity contribution in [2.45, 2.75) is 38.6 Å². The highest BCUT2D eigenvalue weighted by atomic mass is 16.2. The summed E-state index contributed by atoms with van der Waals surface area (Å²) in [5, 5.41) is 0. The Bertz CT molecular complexity index is 597. The number of piperidine rings is 1. The number of rotatable bonds is 1. The molecule has 2 heterocycles. The number of nitrogens with zero attached hydrogens (tertiary/aromatic N) is 2. The lowest BCUT2D eigenvalue weighted by Gasteiger charge is -2.36. The molecule has 21 heavy (non-hydrogen) atoms. The standard InChI is InChI=1S/C18H24N2O/c1-11-4-5-16-14(8-11)15-10-19(3)7-6-17(15)20(16)18(21)13-9-12(13)2/h4-5,8,12-13,15,17H,6-7,9-10H2,1-3H3. The lowest BCUT2D eigenvalue weighted by Crippen LogP contribution is -2.47. The Balaban J connectivity index is 1.75. The number of aryl methyl sites for hydroxylation is 1. The summed E-state index contributed by atoms with van der Waals surface area (Å²) in [6.45, 7) is 6.51. The second kappa shape index (κ2) is 4.57. The fourth-order valence-electron chi connectivity index (χ4n) is 4.21. The van der Waals surface area contributed by atoms with Gasteiger partial charge in [-0.1, -0.05) is 24.6 Å². The normalized spacial score (nSPS) is 34.5. The minimum Gasteiger partial charge on any atom is -0.308 e. The summed E-state index contributed by atoms with van der Waals surface area (Å²) in [7, 11) is 2.19. The van der Waals surface area contributed by atoms with Crippen LogP contribution in [0.25, 0.3) is 0 Å². The van der Waals surface area contributed by atoms with Gasteiger partial charge in [-0.2, -0.15) is 0 Å². The molecule has 1 aromatic rings. The number of carbonyl (C=O) groups excluding carboxylic acids is 1. The molecular weight excluding hydrogens is 260 g/mol. The van der Waals surface area contributed by atoms with Crippen LogP contribution in [0.1, 0.15) is 36.8 Å². The second-order valence-corrected chi connectivity index (χ2v) is 7.31. The van der Waals surface area contributed by atoms with Crippen LogP contribution in [0.3, 0.4) is 0 Å². The Labute approximate surface area is 126 Å². The summed E-state index contributed by atoms with van der Waals surface area (Å²) in [6, 6.07) is 7.01. The predicted molar refractivity (Wildman–Crippen MR) is 84.6 cm³/mol. The summed E-state index contributed by atoms with van der Waals surface area (Å²) in [4.78, 5) is 17.5. The molecular formula is C18H24N2O. The van der Waals surface area contributed by atoms with E-state index in [9.17, 15) is 4.79 Å². The molecule has 2 fully saturated rings. The van der Waals surface area contributed by atoms with Gasteiger partial charge in [0.15, 0.2) is 0 Å². The van der Waals surface area contributed by atoms with E-state index in [0.29, 0.717) is 23.8 Å². The van der Waals surface area contributed by atoms with Gasteiger partial charge in [0.25, 0.3) is 0 Å². The summed E-state index contributed by atoms with van der Waals surface area (Å²) < 4.78 is 0. The molecule has 0 aromatic heterocycles. The van der Waals surface area contributed by atoms with Gasteiger partial charge in [0.1, 0.15) is 0 Å². The van der Waals surface area contributed by atoms with Crippen LogP contribution < -0.4 is 4.90 Å². The van der Waals surface area contributed by atoms with Crippen molar-refractivity contribution in [1.29, 1.82) is 0 Å². The number of hydrogen-bond donors (Lipinski definition) is 0. The Morgan fingerprint density at radius 1 is 1.33 bits per heavy atom. The first-order valence-corrected chi connectivity index (χ1v) is 8.18. The van der Waals surface area contributed by atoms with E-state index in [4.69, 9.17) is 0 Å². The lowest BCUT2D eigenvalue weighted by molar-refractivity contribution is -0.120.